The molecule has 0 saturated heterocycles. The van der Waals surface area contributed by atoms with Crippen LogP contribution in [0.1, 0.15) is 31.9 Å². The summed E-state index contributed by atoms with van der Waals surface area (Å²) in [5.74, 6) is 0.0563. The minimum absolute atomic E-state index is 0.0400. The Balaban J connectivity index is 2.44. The van der Waals surface area contributed by atoms with Gasteiger partial charge in [0.1, 0.15) is 0 Å². The lowest BCUT2D eigenvalue weighted by atomic mass is 9.94. The molecule has 0 aliphatic rings. The minimum atomic E-state index is -0.0400. The van der Waals surface area contributed by atoms with Crippen molar-refractivity contribution in [2.24, 2.45) is 11.1 Å². The Morgan fingerprint density at radius 1 is 1.22 bits per heavy atom. The lowest BCUT2D eigenvalue weighted by molar-refractivity contribution is -0.120. The van der Waals surface area contributed by atoms with Crippen LogP contribution in [-0.2, 0) is 17.6 Å². The summed E-state index contributed by atoms with van der Waals surface area (Å²) in [4.78, 5) is 11.8. The van der Waals surface area contributed by atoms with Crippen molar-refractivity contribution >= 4 is 5.91 Å². The van der Waals surface area contributed by atoms with Crippen LogP contribution in [0, 0.1) is 5.41 Å². The predicted molar refractivity (Wildman–Crippen MR) is 75.4 cm³/mol. The lowest BCUT2D eigenvalue weighted by Crippen LogP contribution is -2.39. The largest absolute Gasteiger partial charge is 0.355 e. The first-order valence-electron chi connectivity index (χ1n) is 6.51. The fourth-order valence-corrected chi connectivity index (χ4v) is 1.55. The van der Waals surface area contributed by atoms with Crippen molar-refractivity contribution < 1.29 is 4.79 Å². The monoisotopic (exact) mass is 248 g/mol. The second-order valence-electron chi connectivity index (χ2n) is 5.49. The van der Waals surface area contributed by atoms with E-state index in [-0.39, 0.29) is 11.3 Å². The molecular weight excluding hydrogens is 224 g/mol. The predicted octanol–water partition coefficient (Wildman–Crippen LogP) is 1.89. The molecule has 0 fully saturated rings. The summed E-state index contributed by atoms with van der Waals surface area (Å²) in [5.41, 5.74) is 7.93. The summed E-state index contributed by atoms with van der Waals surface area (Å²) in [6.45, 7) is 7.40. The number of rotatable bonds is 6. The van der Waals surface area contributed by atoms with E-state index in [0.29, 0.717) is 19.5 Å². The van der Waals surface area contributed by atoms with Crippen molar-refractivity contribution in [3.05, 3.63) is 35.4 Å². The topological polar surface area (TPSA) is 55.1 Å². The number of benzene rings is 1. The van der Waals surface area contributed by atoms with Gasteiger partial charge in [0, 0.05) is 6.54 Å². The quantitative estimate of drug-likeness (QED) is 0.808. The highest BCUT2D eigenvalue weighted by Crippen LogP contribution is 2.10. The standard InChI is InChI=1S/C15H24N2O/c1-4-12-5-7-13(8-6-12)9-14(18)17-11-15(2,3)10-16/h5-8H,4,9-11,16H2,1-3H3,(H,17,18). The Morgan fingerprint density at radius 2 is 1.78 bits per heavy atom. The van der Waals surface area contributed by atoms with Crippen molar-refractivity contribution in [3.63, 3.8) is 0 Å². The molecule has 0 aromatic heterocycles. The van der Waals surface area contributed by atoms with Crippen LogP contribution in [0.5, 0.6) is 0 Å². The molecule has 0 bridgehead atoms. The van der Waals surface area contributed by atoms with Gasteiger partial charge in [0.15, 0.2) is 0 Å². The van der Waals surface area contributed by atoms with E-state index in [4.69, 9.17) is 5.73 Å². The second kappa shape index (κ2) is 6.55. The normalized spacial score (nSPS) is 11.3. The number of hydrogen-bond donors (Lipinski definition) is 2. The SMILES string of the molecule is CCc1ccc(CC(=O)NCC(C)(C)CN)cc1. The van der Waals surface area contributed by atoms with Crippen molar-refractivity contribution in [2.45, 2.75) is 33.6 Å². The van der Waals surface area contributed by atoms with E-state index in [2.05, 4.69) is 24.4 Å². The van der Waals surface area contributed by atoms with E-state index in [9.17, 15) is 4.79 Å². The van der Waals surface area contributed by atoms with E-state index in [1.54, 1.807) is 0 Å². The number of carbonyl (C=O) groups excluding carboxylic acids is 1. The summed E-state index contributed by atoms with van der Waals surface area (Å²) in [7, 11) is 0. The highest BCUT2D eigenvalue weighted by atomic mass is 16.1. The zero-order valence-corrected chi connectivity index (χ0v) is 11.6. The molecule has 3 heteroatoms. The first-order chi connectivity index (χ1) is 8.46. The number of amides is 1. The zero-order valence-electron chi connectivity index (χ0n) is 11.6. The number of nitrogens with two attached hydrogens (primary N) is 1. The number of nitrogens with one attached hydrogen (secondary N) is 1. The molecule has 0 aliphatic heterocycles. The molecule has 100 valence electrons. The lowest BCUT2D eigenvalue weighted by Gasteiger charge is -2.22. The van der Waals surface area contributed by atoms with E-state index >= 15 is 0 Å². The number of aryl methyl sites for hydroxylation is 1. The van der Waals surface area contributed by atoms with E-state index in [0.717, 1.165) is 12.0 Å². The molecule has 1 amide bonds. The Labute approximate surface area is 110 Å². The molecule has 3 N–H and O–H groups in total. The van der Waals surface area contributed by atoms with Crippen LogP contribution in [0.3, 0.4) is 0 Å². The van der Waals surface area contributed by atoms with Gasteiger partial charge in [-0.05, 0) is 29.5 Å². The van der Waals surface area contributed by atoms with Crippen LogP contribution in [-0.4, -0.2) is 19.0 Å². The van der Waals surface area contributed by atoms with Gasteiger partial charge in [-0.25, -0.2) is 0 Å². The second-order valence-corrected chi connectivity index (χ2v) is 5.49. The number of hydrogen-bond acceptors (Lipinski definition) is 2. The van der Waals surface area contributed by atoms with Crippen LogP contribution < -0.4 is 11.1 Å². The van der Waals surface area contributed by atoms with Gasteiger partial charge in [-0.15, -0.1) is 0 Å². The van der Waals surface area contributed by atoms with E-state index < -0.39 is 0 Å². The molecule has 0 spiro atoms. The highest BCUT2D eigenvalue weighted by Gasteiger charge is 2.16. The molecule has 1 aromatic carbocycles. The molecule has 3 nitrogen and oxygen atoms in total. The smallest absolute Gasteiger partial charge is 0.224 e. The maximum absolute atomic E-state index is 11.8. The van der Waals surface area contributed by atoms with Gasteiger partial charge in [0.2, 0.25) is 5.91 Å². The number of carbonyl (C=O) groups is 1. The van der Waals surface area contributed by atoms with Crippen molar-refractivity contribution in [3.8, 4) is 0 Å². The minimum Gasteiger partial charge on any atom is -0.355 e. The van der Waals surface area contributed by atoms with Crippen LogP contribution in [0.2, 0.25) is 0 Å². The van der Waals surface area contributed by atoms with Gasteiger partial charge in [0.05, 0.1) is 6.42 Å². The van der Waals surface area contributed by atoms with Crippen molar-refractivity contribution in [1.82, 2.24) is 5.32 Å². The maximum atomic E-state index is 11.8. The molecular formula is C15H24N2O. The molecule has 0 saturated carbocycles. The first-order valence-corrected chi connectivity index (χ1v) is 6.51. The average molecular weight is 248 g/mol. The average Bonchev–Trinajstić information content (AvgIpc) is 2.37. The molecule has 0 radical (unpaired) electrons. The third-order valence-electron chi connectivity index (χ3n) is 3.11. The van der Waals surface area contributed by atoms with Gasteiger partial charge < -0.3 is 11.1 Å². The molecule has 0 unspecified atom stereocenters. The summed E-state index contributed by atoms with van der Waals surface area (Å²) >= 11 is 0. The molecule has 18 heavy (non-hydrogen) atoms. The van der Waals surface area contributed by atoms with Crippen LogP contribution in [0.15, 0.2) is 24.3 Å². The third-order valence-corrected chi connectivity index (χ3v) is 3.11. The summed E-state index contributed by atoms with van der Waals surface area (Å²) in [5, 5.41) is 2.93. The Bertz CT molecular complexity index is 382. The zero-order chi connectivity index (χ0) is 13.6. The summed E-state index contributed by atoms with van der Waals surface area (Å²) in [6, 6.07) is 8.19. The van der Waals surface area contributed by atoms with Gasteiger partial charge in [-0.3, -0.25) is 4.79 Å². The van der Waals surface area contributed by atoms with Gasteiger partial charge in [0.25, 0.3) is 0 Å². The van der Waals surface area contributed by atoms with Crippen molar-refractivity contribution in [1.29, 1.82) is 0 Å². The molecule has 1 rings (SSSR count). The Hall–Kier alpha value is -1.35. The van der Waals surface area contributed by atoms with Gasteiger partial charge >= 0.3 is 0 Å². The molecule has 0 heterocycles. The van der Waals surface area contributed by atoms with Crippen molar-refractivity contribution in [2.75, 3.05) is 13.1 Å². The third kappa shape index (κ3) is 4.88. The fraction of sp³-hybridized carbons (Fsp3) is 0.533. The van der Waals surface area contributed by atoms with E-state index in [1.165, 1.54) is 5.56 Å². The van der Waals surface area contributed by atoms with E-state index in [1.807, 2.05) is 26.0 Å². The van der Waals surface area contributed by atoms with Gasteiger partial charge in [-0.1, -0.05) is 45.0 Å². The molecule has 0 aliphatic carbocycles. The highest BCUT2D eigenvalue weighted by molar-refractivity contribution is 5.78. The first kappa shape index (κ1) is 14.7. The Morgan fingerprint density at radius 3 is 2.28 bits per heavy atom. The van der Waals surface area contributed by atoms with Gasteiger partial charge in [-0.2, -0.15) is 0 Å². The fourth-order valence-electron chi connectivity index (χ4n) is 1.55. The maximum Gasteiger partial charge on any atom is 0.224 e. The van der Waals surface area contributed by atoms with Crippen LogP contribution >= 0.6 is 0 Å². The van der Waals surface area contributed by atoms with Crippen LogP contribution in [0.4, 0.5) is 0 Å². The Kier molecular flexibility index (Phi) is 5.35. The molecule has 0 atom stereocenters. The molecule has 1 aromatic rings. The summed E-state index contributed by atoms with van der Waals surface area (Å²) in [6.07, 6.45) is 1.46. The van der Waals surface area contributed by atoms with Crippen LogP contribution in [0.25, 0.3) is 0 Å². The summed E-state index contributed by atoms with van der Waals surface area (Å²) < 4.78 is 0.